The van der Waals surface area contributed by atoms with Crippen molar-refractivity contribution in [2.24, 2.45) is 0 Å². The van der Waals surface area contributed by atoms with Crippen molar-refractivity contribution in [2.45, 2.75) is 56.9 Å². The topological polar surface area (TPSA) is 87.1 Å². The van der Waals surface area contributed by atoms with Gasteiger partial charge < -0.3 is 15.7 Å². The van der Waals surface area contributed by atoms with E-state index in [0.717, 1.165) is 24.5 Å². The normalized spacial score (nSPS) is 21.8. The third kappa shape index (κ3) is 4.64. The van der Waals surface area contributed by atoms with Crippen molar-refractivity contribution in [2.75, 3.05) is 6.54 Å². The molecule has 24 heavy (non-hydrogen) atoms. The maximum atomic E-state index is 10.6. The van der Waals surface area contributed by atoms with E-state index < -0.39 is 12.1 Å². The molecule has 2 heterocycles. The van der Waals surface area contributed by atoms with Crippen molar-refractivity contribution in [3.8, 4) is 0 Å². The predicted molar refractivity (Wildman–Crippen MR) is 80.3 cm³/mol. The van der Waals surface area contributed by atoms with Gasteiger partial charge in [0.2, 0.25) is 0 Å². The van der Waals surface area contributed by atoms with Crippen LogP contribution in [-0.4, -0.2) is 45.3 Å². The molecule has 1 saturated heterocycles. The summed E-state index contributed by atoms with van der Waals surface area (Å²) in [5.41, 5.74) is 1.51. The maximum absolute atomic E-state index is 10.6. The van der Waals surface area contributed by atoms with E-state index in [4.69, 9.17) is 9.90 Å². The monoisotopic (exact) mass is 346 g/mol. The Kier molecular flexibility index (Phi) is 5.76. The van der Waals surface area contributed by atoms with Gasteiger partial charge in [0.1, 0.15) is 5.82 Å². The molecular weight excluding hydrogens is 325 g/mol. The third-order valence-corrected chi connectivity index (χ3v) is 4.41. The predicted octanol–water partition coefficient (Wildman–Crippen LogP) is 1.79. The number of carboxylic acids is 1. The molecule has 0 aromatic carbocycles. The van der Waals surface area contributed by atoms with Gasteiger partial charge in [-0.2, -0.15) is 13.2 Å². The molecule has 1 aliphatic heterocycles. The van der Waals surface area contributed by atoms with Crippen LogP contribution in [0.15, 0.2) is 12.4 Å². The van der Waals surface area contributed by atoms with E-state index in [2.05, 4.69) is 20.6 Å². The number of aromatic nitrogens is 2. The second-order valence-corrected chi connectivity index (χ2v) is 6.14. The fraction of sp³-hybridized carbons (Fsp3) is 0.667. The van der Waals surface area contributed by atoms with Gasteiger partial charge in [-0.15, -0.1) is 0 Å². The number of aryl methyl sites for hydroxylation is 1. The van der Waals surface area contributed by atoms with Crippen molar-refractivity contribution in [3.05, 3.63) is 23.8 Å². The molecule has 1 atom stereocenters. The highest BCUT2D eigenvalue weighted by molar-refractivity contribution is 5.73. The van der Waals surface area contributed by atoms with Crippen LogP contribution in [0, 0.1) is 6.92 Å². The number of rotatable bonds is 3. The van der Waals surface area contributed by atoms with Gasteiger partial charge in [-0.25, -0.2) is 14.8 Å². The first kappa shape index (κ1) is 18.6. The molecule has 3 N–H and O–H groups in total. The second kappa shape index (κ2) is 7.43. The van der Waals surface area contributed by atoms with Gasteiger partial charge in [-0.05, 0) is 44.7 Å². The first-order valence-electron chi connectivity index (χ1n) is 7.79. The third-order valence-electron chi connectivity index (χ3n) is 4.41. The van der Waals surface area contributed by atoms with Gasteiger partial charge >= 0.3 is 12.1 Å². The highest BCUT2D eigenvalue weighted by atomic mass is 19.4. The molecule has 1 aliphatic carbocycles. The number of hydrogen-bond donors (Lipinski definition) is 3. The van der Waals surface area contributed by atoms with Gasteiger partial charge in [0.15, 0.2) is 0 Å². The Morgan fingerprint density at radius 3 is 2.46 bits per heavy atom. The minimum Gasteiger partial charge on any atom is -0.475 e. The molecule has 2 fully saturated rings. The largest absolute Gasteiger partial charge is 0.490 e. The Bertz CT molecular complexity index is 559. The molecule has 3 rings (SSSR count). The van der Waals surface area contributed by atoms with Crippen molar-refractivity contribution in [1.82, 2.24) is 20.6 Å². The van der Waals surface area contributed by atoms with Crippen LogP contribution >= 0.6 is 0 Å². The Balaban J connectivity index is 0.000000256. The summed E-state index contributed by atoms with van der Waals surface area (Å²) in [4.78, 5) is 17.6. The first-order valence-corrected chi connectivity index (χ1v) is 7.79. The summed E-state index contributed by atoms with van der Waals surface area (Å²) in [7, 11) is 0. The highest BCUT2D eigenvalue weighted by Crippen LogP contribution is 2.39. The van der Waals surface area contributed by atoms with Crippen LogP contribution in [0.1, 0.15) is 37.1 Å². The van der Waals surface area contributed by atoms with E-state index >= 15 is 0 Å². The quantitative estimate of drug-likeness (QED) is 0.774. The lowest BCUT2D eigenvalue weighted by Crippen LogP contribution is -2.58. The lowest BCUT2D eigenvalue weighted by Gasteiger charge is -2.43. The van der Waals surface area contributed by atoms with Crippen LogP contribution in [0.3, 0.4) is 0 Å². The van der Waals surface area contributed by atoms with Gasteiger partial charge in [-0.1, -0.05) is 0 Å². The van der Waals surface area contributed by atoms with Crippen LogP contribution in [-0.2, 0) is 11.3 Å². The minimum absolute atomic E-state index is 0.394. The number of hydrogen-bond acceptors (Lipinski definition) is 5. The highest BCUT2D eigenvalue weighted by Gasteiger charge is 2.46. The van der Waals surface area contributed by atoms with E-state index in [1.165, 1.54) is 25.7 Å². The molecule has 134 valence electrons. The summed E-state index contributed by atoms with van der Waals surface area (Å²) >= 11 is 0. The van der Waals surface area contributed by atoms with Crippen LogP contribution in [0.5, 0.6) is 0 Å². The summed E-state index contributed by atoms with van der Waals surface area (Å²) in [6.07, 6.45) is 3.92. The molecule has 0 bridgehead atoms. The van der Waals surface area contributed by atoms with E-state index in [0.29, 0.717) is 11.6 Å². The molecule has 0 amide bonds. The lowest BCUT2D eigenvalue weighted by atomic mass is 9.73. The van der Waals surface area contributed by atoms with Crippen molar-refractivity contribution in [3.63, 3.8) is 0 Å². The van der Waals surface area contributed by atoms with Gasteiger partial charge in [0, 0.05) is 24.0 Å². The Morgan fingerprint density at radius 1 is 1.42 bits per heavy atom. The maximum Gasteiger partial charge on any atom is 0.490 e. The van der Waals surface area contributed by atoms with Crippen LogP contribution in [0.25, 0.3) is 0 Å². The van der Waals surface area contributed by atoms with E-state index in [-0.39, 0.29) is 0 Å². The number of nitrogens with zero attached hydrogens (tertiary/aromatic N) is 2. The molecule has 1 saturated carbocycles. The van der Waals surface area contributed by atoms with Crippen LogP contribution < -0.4 is 10.6 Å². The van der Waals surface area contributed by atoms with E-state index in [1.807, 2.05) is 19.3 Å². The van der Waals surface area contributed by atoms with Crippen molar-refractivity contribution >= 4 is 5.97 Å². The number of alkyl halides is 3. The van der Waals surface area contributed by atoms with Crippen molar-refractivity contribution in [1.29, 1.82) is 0 Å². The molecule has 1 aromatic heterocycles. The minimum atomic E-state index is -5.08. The summed E-state index contributed by atoms with van der Waals surface area (Å²) in [5.74, 6) is -1.86. The van der Waals surface area contributed by atoms with Gasteiger partial charge in [-0.3, -0.25) is 0 Å². The molecule has 1 unspecified atom stereocenters. The van der Waals surface area contributed by atoms with Crippen LogP contribution in [0.4, 0.5) is 13.2 Å². The molecule has 1 aromatic rings. The van der Waals surface area contributed by atoms with Gasteiger partial charge in [0.25, 0.3) is 0 Å². The zero-order chi connectivity index (χ0) is 17.8. The number of halogens is 3. The number of nitrogens with one attached hydrogen (secondary N) is 2. The summed E-state index contributed by atoms with van der Waals surface area (Å²) in [6.45, 7) is 3.95. The number of aliphatic carboxylic acids is 1. The Hall–Kier alpha value is -1.74. The standard InChI is InChI=1S/C13H20N4.C2HF3O2/c1-10-7-15-12(16-8-10)9-14-11-3-6-17-13(11)4-2-5-13;3-2(4,5)1(6)7/h7-8,11,14,17H,2-6,9H2,1H3;(H,6,7). The SMILES string of the molecule is Cc1cnc(CNC2CCNC23CCC3)nc1.O=C(O)C(F)(F)F. The summed E-state index contributed by atoms with van der Waals surface area (Å²) < 4.78 is 31.7. The lowest BCUT2D eigenvalue weighted by molar-refractivity contribution is -0.192. The molecule has 6 nitrogen and oxygen atoms in total. The molecule has 2 aliphatic rings. The summed E-state index contributed by atoms with van der Waals surface area (Å²) in [6, 6.07) is 0.598. The van der Waals surface area contributed by atoms with Crippen molar-refractivity contribution < 1.29 is 23.1 Å². The zero-order valence-electron chi connectivity index (χ0n) is 13.4. The van der Waals surface area contributed by atoms with Crippen LogP contribution in [0.2, 0.25) is 0 Å². The second-order valence-electron chi connectivity index (χ2n) is 6.14. The smallest absolute Gasteiger partial charge is 0.475 e. The number of carboxylic acid groups (broad SMARTS) is 1. The Morgan fingerprint density at radius 2 is 2.00 bits per heavy atom. The average molecular weight is 346 g/mol. The Labute approximate surface area is 137 Å². The molecule has 0 radical (unpaired) electrons. The van der Waals surface area contributed by atoms with E-state index in [9.17, 15) is 13.2 Å². The first-order chi connectivity index (χ1) is 11.2. The van der Waals surface area contributed by atoms with Gasteiger partial charge in [0.05, 0.1) is 6.54 Å². The number of carbonyl (C=O) groups is 1. The fourth-order valence-corrected chi connectivity index (χ4v) is 2.97. The summed E-state index contributed by atoms with van der Waals surface area (Å²) in [5, 5.41) is 14.4. The molecule has 1 spiro atoms. The zero-order valence-corrected chi connectivity index (χ0v) is 13.4. The molecule has 9 heteroatoms. The fourth-order valence-electron chi connectivity index (χ4n) is 2.97. The van der Waals surface area contributed by atoms with E-state index in [1.54, 1.807) is 0 Å². The molecular formula is C15H21F3N4O2. The average Bonchev–Trinajstić information content (AvgIpc) is 2.90.